The van der Waals surface area contributed by atoms with Crippen molar-refractivity contribution in [1.82, 2.24) is 24.8 Å². The molecule has 0 aliphatic carbocycles. The van der Waals surface area contributed by atoms with Gasteiger partial charge in [0, 0.05) is 43.9 Å². The summed E-state index contributed by atoms with van der Waals surface area (Å²) in [4.78, 5) is 33.1. The number of fused-ring (bicyclic) bond motifs is 2. The van der Waals surface area contributed by atoms with E-state index in [2.05, 4.69) is 26.7 Å². The summed E-state index contributed by atoms with van der Waals surface area (Å²) in [7, 11) is 0. The first-order valence-corrected chi connectivity index (χ1v) is 18.2. The van der Waals surface area contributed by atoms with Crippen molar-refractivity contribution in [2.24, 2.45) is 0 Å². The van der Waals surface area contributed by atoms with Crippen molar-refractivity contribution in [2.45, 2.75) is 102 Å². The number of likely N-dealkylation sites (tertiary alicyclic amines) is 1. The van der Waals surface area contributed by atoms with E-state index >= 15 is 4.39 Å². The summed E-state index contributed by atoms with van der Waals surface area (Å²) in [5.41, 5.74) is 0.172. The van der Waals surface area contributed by atoms with Crippen molar-refractivity contribution in [3.63, 3.8) is 0 Å². The number of hydrogen-bond acceptors (Lipinski definition) is 11. The standard InChI is InChI=1S/C37H46F2N6O6/c1-22-11-15-44(22)31-26-19-40-34(49-21-37-12-7-13-43(37)20-23(38)18-37)41-29(26)28(39)32(42-31)50-30-24(8-5-9-25(30)33-47-16-17-48-33)27-10-6-14-45(27)35(46)51-36(2,3)4/h5,8-9,19,22-23,27,33H,6-7,10-18,20-21H2,1-4H3/t22-,23+,27?,37-/m0/s1. The van der Waals surface area contributed by atoms with Crippen molar-refractivity contribution in [1.29, 1.82) is 0 Å². The average molecular weight is 709 g/mol. The van der Waals surface area contributed by atoms with E-state index in [1.807, 2.05) is 39.0 Å². The number of anilines is 1. The molecule has 4 atom stereocenters. The summed E-state index contributed by atoms with van der Waals surface area (Å²) in [6.07, 6.45) is 4.05. The minimum Gasteiger partial charge on any atom is -0.461 e. The molecular weight excluding hydrogens is 662 g/mol. The number of amides is 1. The predicted octanol–water partition coefficient (Wildman–Crippen LogP) is 6.63. The van der Waals surface area contributed by atoms with Crippen LogP contribution >= 0.6 is 0 Å². The summed E-state index contributed by atoms with van der Waals surface area (Å²) < 4.78 is 61.5. The number of halogens is 2. The van der Waals surface area contributed by atoms with Crippen molar-refractivity contribution in [3.8, 4) is 17.6 Å². The zero-order valence-electron chi connectivity index (χ0n) is 29.7. The second kappa shape index (κ2) is 13.3. The highest BCUT2D eigenvalue weighted by atomic mass is 19.1. The number of aromatic nitrogens is 3. The number of carbonyl (C=O) groups excluding carboxylic acids is 1. The summed E-state index contributed by atoms with van der Waals surface area (Å²) >= 11 is 0. The van der Waals surface area contributed by atoms with Crippen molar-refractivity contribution in [2.75, 3.05) is 50.9 Å². The molecule has 5 aliphatic heterocycles. The molecular formula is C37H46F2N6O6. The second-order valence-electron chi connectivity index (χ2n) is 15.4. The first-order valence-electron chi connectivity index (χ1n) is 18.2. The van der Waals surface area contributed by atoms with E-state index in [9.17, 15) is 9.18 Å². The molecule has 2 aromatic heterocycles. The van der Waals surface area contributed by atoms with Gasteiger partial charge in [0.25, 0.3) is 5.88 Å². The van der Waals surface area contributed by atoms with E-state index in [0.717, 1.165) is 38.8 Å². The van der Waals surface area contributed by atoms with Crippen molar-refractivity contribution < 1.29 is 37.3 Å². The summed E-state index contributed by atoms with van der Waals surface area (Å²) in [6, 6.07) is 5.35. The maximum absolute atomic E-state index is 16.9. The number of carbonyl (C=O) groups is 1. The molecule has 0 N–H and O–H groups in total. The van der Waals surface area contributed by atoms with Gasteiger partial charge in [-0.15, -0.1) is 0 Å². The van der Waals surface area contributed by atoms with Crippen molar-refractivity contribution in [3.05, 3.63) is 41.3 Å². The zero-order chi connectivity index (χ0) is 35.5. The fourth-order valence-corrected chi connectivity index (χ4v) is 8.24. The molecule has 0 saturated carbocycles. The number of hydrogen-bond donors (Lipinski definition) is 0. The van der Waals surface area contributed by atoms with Gasteiger partial charge in [0.05, 0.1) is 35.7 Å². The maximum Gasteiger partial charge on any atom is 0.410 e. The van der Waals surface area contributed by atoms with Crippen LogP contribution in [0.15, 0.2) is 24.4 Å². The van der Waals surface area contributed by atoms with Crippen LogP contribution in [0.4, 0.5) is 19.4 Å². The molecule has 274 valence electrons. The Hall–Kier alpha value is -3.88. The Kier molecular flexibility index (Phi) is 8.90. The summed E-state index contributed by atoms with van der Waals surface area (Å²) in [5, 5.41) is 0.437. The quantitative estimate of drug-likeness (QED) is 0.252. The number of rotatable bonds is 8. The molecule has 1 unspecified atom stereocenters. The van der Waals surface area contributed by atoms with Gasteiger partial charge in [0.2, 0.25) is 5.82 Å². The second-order valence-corrected chi connectivity index (χ2v) is 15.4. The molecule has 12 nitrogen and oxygen atoms in total. The fourth-order valence-electron chi connectivity index (χ4n) is 8.24. The highest BCUT2D eigenvalue weighted by Crippen LogP contribution is 2.46. The van der Waals surface area contributed by atoms with E-state index in [0.29, 0.717) is 67.2 Å². The van der Waals surface area contributed by atoms with E-state index < -0.39 is 41.6 Å². The lowest BCUT2D eigenvalue weighted by Gasteiger charge is -2.40. The van der Waals surface area contributed by atoms with Crippen LogP contribution in [0.1, 0.15) is 89.7 Å². The molecule has 5 fully saturated rings. The summed E-state index contributed by atoms with van der Waals surface area (Å²) in [6.45, 7) is 11.1. The molecule has 5 aliphatic rings. The van der Waals surface area contributed by atoms with Crippen LogP contribution in [-0.4, -0.2) is 100 Å². The van der Waals surface area contributed by atoms with Crippen LogP contribution < -0.4 is 14.4 Å². The Balaban J connectivity index is 1.18. The van der Waals surface area contributed by atoms with Gasteiger partial charge in [-0.1, -0.05) is 18.2 Å². The van der Waals surface area contributed by atoms with Crippen LogP contribution in [0.3, 0.4) is 0 Å². The van der Waals surface area contributed by atoms with Crippen LogP contribution in [-0.2, 0) is 14.2 Å². The number of alkyl halides is 1. The third-order valence-electron chi connectivity index (χ3n) is 10.8. The van der Waals surface area contributed by atoms with Crippen LogP contribution in [0.5, 0.6) is 17.6 Å². The lowest BCUT2D eigenvalue weighted by molar-refractivity contribution is -0.0454. The number of ether oxygens (including phenoxy) is 5. The number of pyridine rings is 1. The first kappa shape index (κ1) is 34.2. The molecule has 3 aromatic rings. The number of nitrogens with zero attached hydrogens (tertiary/aromatic N) is 6. The first-order chi connectivity index (χ1) is 24.5. The lowest BCUT2D eigenvalue weighted by Crippen LogP contribution is -2.46. The van der Waals surface area contributed by atoms with Gasteiger partial charge in [-0.25, -0.2) is 14.2 Å². The van der Waals surface area contributed by atoms with E-state index in [1.54, 1.807) is 11.1 Å². The van der Waals surface area contributed by atoms with E-state index in [4.69, 9.17) is 28.7 Å². The van der Waals surface area contributed by atoms with Gasteiger partial charge in [-0.3, -0.25) is 4.90 Å². The molecule has 0 spiro atoms. The molecule has 7 heterocycles. The predicted molar refractivity (Wildman–Crippen MR) is 183 cm³/mol. The molecule has 1 amide bonds. The minimum absolute atomic E-state index is 0.0116. The largest absolute Gasteiger partial charge is 0.461 e. The van der Waals surface area contributed by atoms with Gasteiger partial charge < -0.3 is 33.5 Å². The molecule has 0 radical (unpaired) electrons. The Bertz CT molecular complexity index is 1800. The average Bonchev–Trinajstić information content (AvgIpc) is 3.90. The Labute approximate surface area is 296 Å². The van der Waals surface area contributed by atoms with E-state index in [1.165, 1.54) is 0 Å². The maximum atomic E-state index is 16.9. The van der Waals surface area contributed by atoms with Gasteiger partial charge >= 0.3 is 12.1 Å². The Morgan fingerprint density at radius 1 is 1.08 bits per heavy atom. The summed E-state index contributed by atoms with van der Waals surface area (Å²) in [5.74, 6) is -0.228. The number of para-hydroxylation sites is 1. The van der Waals surface area contributed by atoms with Crippen LogP contribution in [0.25, 0.3) is 10.9 Å². The van der Waals surface area contributed by atoms with Crippen LogP contribution in [0.2, 0.25) is 0 Å². The van der Waals surface area contributed by atoms with Gasteiger partial charge in [-0.05, 0) is 66.3 Å². The molecule has 51 heavy (non-hydrogen) atoms. The molecule has 0 bridgehead atoms. The highest BCUT2D eigenvalue weighted by molar-refractivity contribution is 5.91. The topological polar surface area (TPSA) is 112 Å². The Morgan fingerprint density at radius 3 is 2.63 bits per heavy atom. The molecule has 8 rings (SSSR count). The zero-order valence-corrected chi connectivity index (χ0v) is 29.7. The monoisotopic (exact) mass is 708 g/mol. The number of benzene rings is 1. The third-order valence-corrected chi connectivity index (χ3v) is 10.8. The molecule has 1 aromatic carbocycles. The van der Waals surface area contributed by atoms with Gasteiger partial charge in [-0.2, -0.15) is 14.4 Å². The van der Waals surface area contributed by atoms with E-state index in [-0.39, 0.29) is 30.1 Å². The Morgan fingerprint density at radius 2 is 1.88 bits per heavy atom. The highest BCUT2D eigenvalue weighted by Gasteiger charge is 2.49. The van der Waals surface area contributed by atoms with Gasteiger partial charge in [0.1, 0.15) is 35.5 Å². The molecule has 14 heteroatoms. The van der Waals surface area contributed by atoms with Crippen LogP contribution in [0, 0.1) is 5.82 Å². The van der Waals surface area contributed by atoms with Crippen molar-refractivity contribution >= 4 is 22.8 Å². The molecule has 5 saturated heterocycles. The lowest BCUT2D eigenvalue weighted by atomic mass is 9.95. The smallest absolute Gasteiger partial charge is 0.410 e. The minimum atomic E-state index is -0.899. The SMILES string of the molecule is C[C@H]1CCN1c1nc(Oc2c(C3OCCO3)cccc2C2CCCN2C(=O)OC(C)(C)C)c(F)c2nc(OC[C@@]34CCCN3C[C@H](F)C4)ncc12. The fraction of sp³-hybridized carbons (Fsp3) is 0.622. The van der Waals surface area contributed by atoms with Gasteiger partial charge in [0.15, 0.2) is 6.29 Å². The third kappa shape index (κ3) is 6.43. The normalized spacial score (nSPS) is 26.9.